The highest BCUT2D eigenvalue weighted by Crippen LogP contribution is 2.57. The average Bonchev–Trinajstić information content (AvgIpc) is 3.20. The van der Waals surface area contributed by atoms with E-state index in [9.17, 15) is 9.59 Å². The van der Waals surface area contributed by atoms with E-state index in [1.54, 1.807) is 12.3 Å². The monoisotopic (exact) mass is 467 g/mol. The molecule has 4 atom stereocenters. The summed E-state index contributed by atoms with van der Waals surface area (Å²) in [4.78, 5) is 30.0. The van der Waals surface area contributed by atoms with Gasteiger partial charge in [-0.15, -0.1) is 0 Å². The Hall–Kier alpha value is -2.87. The van der Waals surface area contributed by atoms with E-state index < -0.39 is 6.09 Å². The molecule has 4 N–H and O–H groups in total. The topological polar surface area (TPSA) is 116 Å². The Bertz CT molecular complexity index is 1080. The molecule has 1 aromatic carbocycles. The van der Waals surface area contributed by atoms with Crippen molar-refractivity contribution < 1.29 is 9.53 Å². The number of fused-ring (bicyclic) bond motifs is 1. The number of anilines is 1. The molecule has 1 aliphatic carbocycles. The van der Waals surface area contributed by atoms with Crippen molar-refractivity contribution in [3.05, 3.63) is 52.6 Å². The molecule has 4 rings (SSSR count). The number of carbonyl (C=O) groups is 1. The van der Waals surface area contributed by atoms with Gasteiger partial charge in [0.2, 0.25) is 0 Å². The van der Waals surface area contributed by atoms with Crippen LogP contribution in [0.15, 0.2) is 41.3 Å². The second kappa shape index (κ2) is 9.06. The van der Waals surface area contributed by atoms with Crippen LogP contribution in [0.25, 0.3) is 5.69 Å². The zero-order valence-corrected chi connectivity index (χ0v) is 20.8. The van der Waals surface area contributed by atoms with Crippen LogP contribution >= 0.6 is 0 Å². The van der Waals surface area contributed by atoms with Crippen LogP contribution in [0.4, 0.5) is 10.6 Å². The number of hydrogen-bond acceptors (Lipinski definition) is 6. The molecule has 0 spiro atoms. The molecular formula is C26H37N5O3. The number of nitrogen functional groups attached to an aromatic ring is 1. The lowest BCUT2D eigenvalue weighted by molar-refractivity contribution is 0.00748. The summed E-state index contributed by atoms with van der Waals surface area (Å²) in [6.45, 7) is 12.9. The van der Waals surface area contributed by atoms with E-state index in [4.69, 9.17) is 16.2 Å². The third kappa shape index (κ3) is 4.97. The molecule has 2 aliphatic rings. The summed E-state index contributed by atoms with van der Waals surface area (Å²) < 4.78 is 7.06. The van der Waals surface area contributed by atoms with Gasteiger partial charge in [0, 0.05) is 31.2 Å². The maximum Gasteiger partial charge on any atom is 0.404 e. The molecule has 1 saturated carbocycles. The lowest BCUT2D eigenvalue weighted by atomic mass is 9.84. The molecule has 8 nitrogen and oxygen atoms in total. The second-order valence-corrected chi connectivity index (χ2v) is 11.3. The van der Waals surface area contributed by atoms with Crippen molar-refractivity contribution in [1.29, 1.82) is 0 Å². The summed E-state index contributed by atoms with van der Waals surface area (Å²) in [7, 11) is 0. The van der Waals surface area contributed by atoms with Crippen LogP contribution in [0.1, 0.15) is 40.2 Å². The third-order valence-corrected chi connectivity index (χ3v) is 7.46. The Labute approximate surface area is 201 Å². The molecule has 8 heteroatoms. The minimum atomic E-state index is -0.678. The van der Waals surface area contributed by atoms with E-state index in [-0.39, 0.29) is 23.0 Å². The van der Waals surface area contributed by atoms with Gasteiger partial charge in [-0.25, -0.2) is 9.59 Å². The van der Waals surface area contributed by atoms with Crippen LogP contribution in [0.3, 0.4) is 0 Å². The predicted octanol–water partition coefficient (Wildman–Crippen LogP) is 3.07. The lowest BCUT2D eigenvalue weighted by Gasteiger charge is -2.36. The first-order valence-electron chi connectivity index (χ1n) is 12.1. The molecule has 0 bridgehead atoms. The van der Waals surface area contributed by atoms with Gasteiger partial charge < -0.3 is 16.2 Å². The number of nitrogens with zero attached hydrogens (tertiary/aromatic N) is 3. The fraction of sp³-hybridized carbons (Fsp3) is 0.577. The maximum atomic E-state index is 12.1. The molecule has 2 fully saturated rings. The van der Waals surface area contributed by atoms with E-state index in [0.29, 0.717) is 29.7 Å². The van der Waals surface area contributed by atoms with Crippen LogP contribution in [-0.4, -0.2) is 45.8 Å². The zero-order valence-electron chi connectivity index (χ0n) is 20.8. The van der Waals surface area contributed by atoms with Gasteiger partial charge in [-0.2, -0.15) is 4.98 Å². The molecule has 1 aromatic heterocycles. The quantitative estimate of drug-likeness (QED) is 0.646. The number of piperidine rings is 1. The molecule has 0 radical (unpaired) electrons. The van der Waals surface area contributed by atoms with Crippen LogP contribution in [0.5, 0.6) is 0 Å². The van der Waals surface area contributed by atoms with Gasteiger partial charge in [0.05, 0.1) is 5.69 Å². The molecule has 1 aliphatic heterocycles. The molecule has 1 amide bonds. The minimum Gasteiger partial charge on any atom is -0.446 e. The number of ether oxygens (including phenoxy) is 1. The van der Waals surface area contributed by atoms with E-state index in [2.05, 4.69) is 56.6 Å². The number of rotatable bonds is 7. The molecular weight excluding hydrogens is 430 g/mol. The summed E-state index contributed by atoms with van der Waals surface area (Å²) in [5.74, 6) is 2.22. The van der Waals surface area contributed by atoms with Crippen molar-refractivity contribution in [2.45, 2.75) is 53.2 Å². The minimum absolute atomic E-state index is 0.129. The first-order valence-corrected chi connectivity index (χ1v) is 12.1. The number of benzene rings is 1. The summed E-state index contributed by atoms with van der Waals surface area (Å²) in [5.41, 5.74) is 12.5. The number of hydrogen-bond donors (Lipinski definition) is 2. The SMILES string of the molecule is CC(C)C(Cc1ccc(-n2ccc(N)nc2=O)cc1)N1CC2C(C1)C2C(OC(N)=O)C(C)(C)C. The number of amides is 1. The Balaban J connectivity index is 1.42. The van der Waals surface area contributed by atoms with Gasteiger partial charge >= 0.3 is 11.8 Å². The lowest BCUT2D eigenvalue weighted by Crippen LogP contribution is -2.43. The molecule has 2 heterocycles. The van der Waals surface area contributed by atoms with Crippen LogP contribution in [0.2, 0.25) is 0 Å². The van der Waals surface area contributed by atoms with Gasteiger partial charge in [0.1, 0.15) is 11.9 Å². The van der Waals surface area contributed by atoms with Crippen LogP contribution in [-0.2, 0) is 11.2 Å². The summed E-state index contributed by atoms with van der Waals surface area (Å²) >= 11 is 0. The Kier molecular flexibility index (Phi) is 6.46. The highest BCUT2D eigenvalue weighted by molar-refractivity contribution is 5.65. The van der Waals surface area contributed by atoms with E-state index in [1.807, 2.05) is 12.1 Å². The van der Waals surface area contributed by atoms with Gasteiger partial charge in [-0.1, -0.05) is 46.8 Å². The number of likely N-dealkylation sites (tertiary alicyclic amines) is 1. The van der Waals surface area contributed by atoms with Crippen molar-refractivity contribution in [3.63, 3.8) is 0 Å². The maximum absolute atomic E-state index is 12.1. The summed E-state index contributed by atoms with van der Waals surface area (Å²) in [6, 6.07) is 10.1. The Morgan fingerprint density at radius 3 is 2.26 bits per heavy atom. The molecule has 4 unspecified atom stereocenters. The van der Waals surface area contributed by atoms with Crippen molar-refractivity contribution in [2.75, 3.05) is 18.8 Å². The summed E-state index contributed by atoms with van der Waals surface area (Å²) in [6.07, 6.45) is 1.77. The predicted molar refractivity (Wildman–Crippen MR) is 133 cm³/mol. The van der Waals surface area contributed by atoms with Gasteiger partial charge in [0.25, 0.3) is 0 Å². The Morgan fingerprint density at radius 2 is 1.76 bits per heavy atom. The van der Waals surface area contributed by atoms with E-state index >= 15 is 0 Å². The normalized spacial score (nSPS) is 24.0. The molecule has 1 saturated heterocycles. The van der Waals surface area contributed by atoms with E-state index in [0.717, 1.165) is 25.2 Å². The number of carbonyl (C=O) groups excluding carboxylic acids is 1. The van der Waals surface area contributed by atoms with E-state index in [1.165, 1.54) is 10.1 Å². The zero-order chi connectivity index (χ0) is 24.8. The highest BCUT2D eigenvalue weighted by Gasteiger charge is 2.62. The van der Waals surface area contributed by atoms with Crippen LogP contribution in [0, 0.1) is 29.1 Å². The molecule has 184 valence electrons. The van der Waals surface area contributed by atoms with Gasteiger partial charge in [0.15, 0.2) is 0 Å². The smallest absolute Gasteiger partial charge is 0.404 e. The number of primary amides is 1. The first kappa shape index (κ1) is 24.3. The van der Waals surface area contributed by atoms with Crippen LogP contribution < -0.4 is 17.2 Å². The fourth-order valence-corrected chi connectivity index (χ4v) is 5.72. The number of aromatic nitrogens is 2. The Morgan fingerprint density at radius 1 is 1.15 bits per heavy atom. The first-order chi connectivity index (χ1) is 16.0. The summed E-state index contributed by atoms with van der Waals surface area (Å²) in [5, 5.41) is 0. The van der Waals surface area contributed by atoms with Gasteiger partial charge in [-0.05, 0) is 53.4 Å². The molecule has 34 heavy (non-hydrogen) atoms. The molecule has 2 aromatic rings. The highest BCUT2D eigenvalue weighted by atomic mass is 16.6. The van der Waals surface area contributed by atoms with Crippen molar-refractivity contribution in [1.82, 2.24) is 14.5 Å². The third-order valence-electron chi connectivity index (χ3n) is 7.46. The second-order valence-electron chi connectivity index (χ2n) is 11.3. The van der Waals surface area contributed by atoms with Gasteiger partial charge in [-0.3, -0.25) is 9.47 Å². The van der Waals surface area contributed by atoms with Crippen molar-refractivity contribution in [2.24, 2.45) is 34.8 Å². The standard InChI is InChI=1S/C26H37N5O3/c1-15(2)20(12-16-6-8-17(9-7-16)31-11-10-21(27)29-25(31)33)30-13-18-19(14-30)22(18)23(26(3,4)5)34-24(28)32/h6-11,15,18-20,22-23H,12-14H2,1-5H3,(H2,28,32)(H2,27,29,33). The van der Waals surface area contributed by atoms with Crippen molar-refractivity contribution >= 4 is 11.9 Å². The fourth-order valence-electron chi connectivity index (χ4n) is 5.72. The average molecular weight is 468 g/mol. The van der Waals surface area contributed by atoms with Crippen molar-refractivity contribution in [3.8, 4) is 5.69 Å². The largest absolute Gasteiger partial charge is 0.446 e. The number of nitrogens with two attached hydrogens (primary N) is 2.